The van der Waals surface area contributed by atoms with Crippen LogP contribution >= 0.6 is 22.9 Å². The van der Waals surface area contributed by atoms with Gasteiger partial charge in [-0.1, -0.05) is 22.9 Å². The van der Waals surface area contributed by atoms with Gasteiger partial charge in [0.15, 0.2) is 5.82 Å². The molecule has 0 amide bonds. The van der Waals surface area contributed by atoms with Gasteiger partial charge >= 0.3 is 0 Å². The summed E-state index contributed by atoms with van der Waals surface area (Å²) in [6, 6.07) is 7.21. The Balaban J connectivity index is 1.64. The van der Waals surface area contributed by atoms with Crippen molar-refractivity contribution in [1.82, 2.24) is 19.8 Å². The van der Waals surface area contributed by atoms with Crippen molar-refractivity contribution < 1.29 is 4.74 Å². The fraction of sp³-hybridized carbons (Fsp3) is 0.182. The molecule has 8 heteroatoms. The van der Waals surface area contributed by atoms with Gasteiger partial charge in [-0.15, -0.1) is 15.3 Å². The van der Waals surface area contributed by atoms with Crippen LogP contribution in [0.5, 0.6) is 5.75 Å². The lowest BCUT2D eigenvalue weighted by Gasteiger charge is -2.04. The average Bonchev–Trinajstić information content (AvgIpc) is 2.92. The summed E-state index contributed by atoms with van der Waals surface area (Å²) in [5, 5.41) is 13.3. The fourth-order valence-electron chi connectivity index (χ4n) is 1.62. The third kappa shape index (κ3) is 2.61. The zero-order valence-corrected chi connectivity index (χ0v) is 11.4. The van der Waals surface area contributed by atoms with Crippen molar-refractivity contribution in [2.24, 2.45) is 0 Å². The van der Waals surface area contributed by atoms with Crippen LogP contribution in [0.25, 0.3) is 4.96 Å². The molecular formula is C11H10ClN5OS. The van der Waals surface area contributed by atoms with Crippen LogP contribution in [0.2, 0.25) is 5.02 Å². The number of ether oxygens (including phenoxy) is 1. The van der Waals surface area contributed by atoms with E-state index in [2.05, 4.69) is 15.3 Å². The van der Waals surface area contributed by atoms with Gasteiger partial charge in [0.1, 0.15) is 5.75 Å². The zero-order chi connectivity index (χ0) is 13.2. The van der Waals surface area contributed by atoms with Crippen LogP contribution in [-0.4, -0.2) is 26.4 Å². The molecule has 0 atom stereocenters. The summed E-state index contributed by atoms with van der Waals surface area (Å²) in [6.07, 6.45) is 0.604. The van der Waals surface area contributed by atoms with Gasteiger partial charge in [-0.05, 0) is 24.3 Å². The molecule has 0 bridgehead atoms. The Labute approximate surface area is 117 Å². The normalized spacial score (nSPS) is 11.0. The fourth-order valence-corrected chi connectivity index (χ4v) is 2.37. The first-order valence-electron chi connectivity index (χ1n) is 5.57. The number of nitrogens with two attached hydrogens (primary N) is 1. The molecule has 98 valence electrons. The van der Waals surface area contributed by atoms with Gasteiger partial charge in [0, 0.05) is 11.4 Å². The topological polar surface area (TPSA) is 78.3 Å². The maximum Gasteiger partial charge on any atom is 0.236 e. The number of aromatic nitrogens is 4. The molecule has 0 unspecified atom stereocenters. The van der Waals surface area contributed by atoms with Crippen LogP contribution in [-0.2, 0) is 6.42 Å². The highest BCUT2D eigenvalue weighted by Crippen LogP contribution is 2.17. The summed E-state index contributed by atoms with van der Waals surface area (Å²) in [5.41, 5.74) is 5.61. The highest BCUT2D eigenvalue weighted by molar-refractivity contribution is 7.20. The van der Waals surface area contributed by atoms with E-state index < -0.39 is 0 Å². The monoisotopic (exact) mass is 295 g/mol. The van der Waals surface area contributed by atoms with Crippen LogP contribution in [0.1, 0.15) is 5.82 Å². The van der Waals surface area contributed by atoms with E-state index in [1.807, 2.05) is 12.1 Å². The van der Waals surface area contributed by atoms with Crippen LogP contribution in [0, 0.1) is 0 Å². The van der Waals surface area contributed by atoms with Crippen molar-refractivity contribution in [3.05, 3.63) is 35.1 Å². The van der Waals surface area contributed by atoms with Gasteiger partial charge < -0.3 is 10.5 Å². The SMILES string of the molecule is Nc1nn2c(CCOc3ccc(Cl)cc3)nnc2s1. The molecule has 1 aromatic carbocycles. The minimum atomic E-state index is 0.477. The quantitative estimate of drug-likeness (QED) is 0.797. The number of anilines is 1. The molecule has 0 aliphatic heterocycles. The lowest BCUT2D eigenvalue weighted by Crippen LogP contribution is -2.05. The second-order valence-electron chi connectivity index (χ2n) is 3.80. The third-order valence-corrected chi connectivity index (χ3v) is 3.46. The third-order valence-electron chi connectivity index (χ3n) is 2.48. The Bertz CT molecular complexity index is 693. The van der Waals surface area contributed by atoms with Crippen molar-refractivity contribution in [1.29, 1.82) is 0 Å². The first-order valence-corrected chi connectivity index (χ1v) is 6.77. The van der Waals surface area contributed by atoms with Crippen molar-refractivity contribution in [2.45, 2.75) is 6.42 Å². The van der Waals surface area contributed by atoms with E-state index in [0.717, 1.165) is 11.6 Å². The Morgan fingerprint density at radius 1 is 1.26 bits per heavy atom. The van der Waals surface area contributed by atoms with E-state index in [-0.39, 0.29) is 0 Å². The highest BCUT2D eigenvalue weighted by Gasteiger charge is 2.09. The van der Waals surface area contributed by atoms with Gasteiger partial charge in [-0.25, -0.2) is 0 Å². The number of hydrogen-bond donors (Lipinski definition) is 1. The molecule has 0 saturated heterocycles. The number of hydrogen-bond acceptors (Lipinski definition) is 6. The van der Waals surface area contributed by atoms with Crippen molar-refractivity contribution in [3.63, 3.8) is 0 Å². The van der Waals surface area contributed by atoms with Crippen LogP contribution in [0.4, 0.5) is 5.13 Å². The molecular weight excluding hydrogens is 286 g/mol. The molecule has 0 fully saturated rings. The van der Waals surface area contributed by atoms with Crippen LogP contribution < -0.4 is 10.5 Å². The number of benzene rings is 1. The maximum atomic E-state index is 5.80. The molecule has 0 radical (unpaired) electrons. The standard InChI is InChI=1S/C11H10ClN5OS/c12-7-1-3-8(4-2-7)18-6-5-9-14-15-11-17(9)16-10(13)19-11/h1-4H,5-6H2,(H2,13,16). The van der Waals surface area contributed by atoms with Gasteiger partial charge in [-0.3, -0.25) is 0 Å². The summed E-state index contributed by atoms with van der Waals surface area (Å²) >= 11 is 7.10. The molecule has 2 N–H and O–H groups in total. The summed E-state index contributed by atoms with van der Waals surface area (Å²) in [5.74, 6) is 1.50. The number of nitrogens with zero attached hydrogens (tertiary/aromatic N) is 4. The van der Waals surface area contributed by atoms with E-state index in [9.17, 15) is 0 Å². The minimum Gasteiger partial charge on any atom is -0.493 e. The summed E-state index contributed by atoms with van der Waals surface area (Å²) in [4.78, 5) is 0.694. The second-order valence-corrected chi connectivity index (χ2v) is 5.23. The number of rotatable bonds is 4. The minimum absolute atomic E-state index is 0.477. The summed E-state index contributed by atoms with van der Waals surface area (Å²) in [7, 11) is 0. The van der Waals surface area contributed by atoms with E-state index in [4.69, 9.17) is 22.1 Å². The zero-order valence-electron chi connectivity index (χ0n) is 9.78. The Morgan fingerprint density at radius 2 is 2.05 bits per heavy atom. The summed E-state index contributed by atoms with van der Waals surface area (Å²) in [6.45, 7) is 0.486. The maximum absolute atomic E-state index is 5.80. The molecule has 19 heavy (non-hydrogen) atoms. The van der Waals surface area contributed by atoms with E-state index in [1.54, 1.807) is 16.6 Å². The molecule has 0 saturated carbocycles. The smallest absolute Gasteiger partial charge is 0.236 e. The van der Waals surface area contributed by atoms with E-state index in [1.165, 1.54) is 11.3 Å². The molecule has 0 aliphatic rings. The number of fused-ring (bicyclic) bond motifs is 1. The van der Waals surface area contributed by atoms with Gasteiger partial charge in [0.05, 0.1) is 6.61 Å². The van der Waals surface area contributed by atoms with Crippen LogP contribution in [0.3, 0.4) is 0 Å². The van der Waals surface area contributed by atoms with Crippen molar-refractivity contribution in [2.75, 3.05) is 12.3 Å². The Hall–Kier alpha value is -1.86. The second kappa shape index (κ2) is 5.02. The van der Waals surface area contributed by atoms with Gasteiger partial charge in [0.25, 0.3) is 0 Å². The molecule has 2 heterocycles. The first kappa shape index (κ1) is 12.2. The molecule has 2 aromatic heterocycles. The number of nitrogen functional groups attached to an aromatic ring is 1. The molecule has 0 spiro atoms. The van der Waals surface area contributed by atoms with Crippen molar-refractivity contribution >= 4 is 33.0 Å². The van der Waals surface area contributed by atoms with Gasteiger partial charge in [-0.2, -0.15) is 4.52 Å². The first-order chi connectivity index (χ1) is 9.22. The molecule has 6 nitrogen and oxygen atoms in total. The summed E-state index contributed by atoms with van der Waals surface area (Å²) < 4.78 is 7.24. The lowest BCUT2D eigenvalue weighted by molar-refractivity contribution is 0.318. The lowest BCUT2D eigenvalue weighted by atomic mass is 10.3. The largest absolute Gasteiger partial charge is 0.493 e. The van der Waals surface area contributed by atoms with Crippen molar-refractivity contribution in [3.8, 4) is 5.75 Å². The predicted molar refractivity (Wildman–Crippen MR) is 73.7 cm³/mol. The highest BCUT2D eigenvalue weighted by atomic mass is 35.5. The predicted octanol–water partition coefficient (Wildman–Crippen LogP) is 2.04. The Kier molecular flexibility index (Phi) is 3.22. The van der Waals surface area contributed by atoms with E-state index in [0.29, 0.717) is 28.1 Å². The van der Waals surface area contributed by atoms with E-state index >= 15 is 0 Å². The van der Waals surface area contributed by atoms with Crippen LogP contribution in [0.15, 0.2) is 24.3 Å². The molecule has 0 aliphatic carbocycles. The molecule has 3 rings (SSSR count). The average molecular weight is 296 g/mol. The molecule has 3 aromatic rings. The number of halogens is 1. The van der Waals surface area contributed by atoms with Gasteiger partial charge in [0.2, 0.25) is 10.1 Å². The Morgan fingerprint density at radius 3 is 2.84 bits per heavy atom.